The van der Waals surface area contributed by atoms with Crippen molar-refractivity contribution < 1.29 is 9.90 Å². The van der Waals surface area contributed by atoms with Crippen LogP contribution < -0.4 is 5.73 Å². The highest BCUT2D eigenvalue weighted by atomic mass is 16.3. The first-order chi connectivity index (χ1) is 14.1. The smallest absolute Gasteiger partial charge is 0.157 e. The predicted molar refractivity (Wildman–Crippen MR) is 117 cm³/mol. The summed E-state index contributed by atoms with van der Waals surface area (Å²) in [6.45, 7) is 7.34. The van der Waals surface area contributed by atoms with E-state index in [4.69, 9.17) is 5.73 Å². The average Bonchev–Trinajstić information content (AvgIpc) is 3.24. The van der Waals surface area contributed by atoms with E-state index in [0.29, 0.717) is 35.3 Å². The number of aromatic nitrogens is 2. The van der Waals surface area contributed by atoms with Crippen LogP contribution in [0.5, 0.6) is 0 Å². The molecule has 5 heteroatoms. The van der Waals surface area contributed by atoms with Gasteiger partial charge in [0.15, 0.2) is 5.78 Å². The Hall–Kier alpha value is -1.36. The number of nitrogens with zero attached hydrogens (tertiary/aromatic N) is 2. The molecule has 1 aromatic rings. The van der Waals surface area contributed by atoms with E-state index < -0.39 is 5.60 Å². The van der Waals surface area contributed by atoms with Crippen molar-refractivity contribution in [3.63, 3.8) is 0 Å². The summed E-state index contributed by atoms with van der Waals surface area (Å²) in [4.78, 5) is 13.3. The number of carbonyl (C=O) groups excluding carboxylic acids is 1. The van der Waals surface area contributed by atoms with Gasteiger partial charge >= 0.3 is 0 Å². The largest absolute Gasteiger partial charge is 0.396 e. The van der Waals surface area contributed by atoms with Gasteiger partial charge in [0.2, 0.25) is 0 Å². The second-order valence-electron chi connectivity index (χ2n) is 12.0. The highest BCUT2D eigenvalue weighted by molar-refractivity contribution is 5.82. The molecule has 8 atom stereocenters. The van der Waals surface area contributed by atoms with Crippen LogP contribution in [0.3, 0.4) is 0 Å². The highest BCUT2D eigenvalue weighted by Crippen LogP contribution is 2.68. The number of hydrogen-bond acceptors (Lipinski definition) is 4. The van der Waals surface area contributed by atoms with Gasteiger partial charge in [-0.15, -0.1) is 0 Å². The lowest BCUT2D eigenvalue weighted by atomic mass is 9.44. The quantitative estimate of drug-likeness (QED) is 0.767. The molecule has 0 aliphatic heterocycles. The summed E-state index contributed by atoms with van der Waals surface area (Å²) in [5, 5.41) is 14.9. The minimum Gasteiger partial charge on any atom is -0.396 e. The lowest BCUT2D eigenvalue weighted by Crippen LogP contribution is -2.55. The second-order valence-corrected chi connectivity index (χ2v) is 12.0. The molecule has 4 aliphatic rings. The summed E-state index contributed by atoms with van der Waals surface area (Å²) < 4.78 is 1.71. The summed E-state index contributed by atoms with van der Waals surface area (Å²) in [6, 6.07) is 0. The van der Waals surface area contributed by atoms with Crippen LogP contribution in [0.4, 0.5) is 5.69 Å². The predicted octanol–water partition coefficient (Wildman–Crippen LogP) is 4.44. The standard InChI is InChI=1S/C25H39N3O2/c1-23(30)10-11-24(2)16(12-23)4-5-18-19-6-7-21(25(19,3)9-8-20(18)24)22(29)15-28-14-17(26)13-27-28/h13-14,16,18-21,30H,4-12,15,26H2,1-3H3/t16-,18-,19-,20-,21+,23+,24-,25-/m0/s1. The molecule has 0 aromatic carbocycles. The summed E-state index contributed by atoms with van der Waals surface area (Å²) in [5.41, 5.74) is 6.45. The number of carbonyl (C=O) groups is 1. The summed E-state index contributed by atoms with van der Waals surface area (Å²) in [5.74, 6) is 3.36. The van der Waals surface area contributed by atoms with Crippen molar-refractivity contribution in [3.05, 3.63) is 12.4 Å². The van der Waals surface area contributed by atoms with E-state index in [2.05, 4.69) is 18.9 Å². The normalized spacial score (nSPS) is 47.9. The van der Waals surface area contributed by atoms with Gasteiger partial charge in [0, 0.05) is 12.1 Å². The third-order valence-corrected chi connectivity index (χ3v) is 10.3. The van der Waals surface area contributed by atoms with Crippen molar-refractivity contribution in [2.75, 3.05) is 5.73 Å². The zero-order valence-corrected chi connectivity index (χ0v) is 18.9. The van der Waals surface area contributed by atoms with Gasteiger partial charge in [-0.2, -0.15) is 5.10 Å². The third kappa shape index (κ3) is 3.06. The van der Waals surface area contributed by atoms with E-state index in [1.54, 1.807) is 17.1 Å². The summed E-state index contributed by atoms with van der Waals surface area (Å²) in [6.07, 6.45) is 13.7. The molecule has 0 radical (unpaired) electrons. The Morgan fingerprint density at radius 3 is 2.60 bits per heavy atom. The lowest BCUT2D eigenvalue weighted by molar-refractivity contribution is -0.151. The number of fused-ring (bicyclic) bond motifs is 5. The monoisotopic (exact) mass is 413 g/mol. The Kier molecular flexibility index (Phi) is 4.67. The van der Waals surface area contributed by atoms with E-state index >= 15 is 0 Å². The first kappa shape index (κ1) is 20.5. The number of anilines is 1. The molecule has 4 fully saturated rings. The zero-order valence-electron chi connectivity index (χ0n) is 18.9. The molecule has 0 spiro atoms. The molecule has 1 aromatic heterocycles. The van der Waals surface area contributed by atoms with Crippen molar-refractivity contribution in [1.82, 2.24) is 9.78 Å². The van der Waals surface area contributed by atoms with Gasteiger partial charge in [0.1, 0.15) is 0 Å². The van der Waals surface area contributed by atoms with Gasteiger partial charge in [-0.25, -0.2) is 0 Å². The number of Topliss-reactive ketones (excluding diaryl/α,β-unsaturated/α-hetero) is 1. The van der Waals surface area contributed by atoms with Gasteiger partial charge in [-0.05, 0) is 99.2 Å². The highest BCUT2D eigenvalue weighted by Gasteiger charge is 2.61. The van der Waals surface area contributed by atoms with Crippen LogP contribution in [0.1, 0.15) is 78.6 Å². The van der Waals surface area contributed by atoms with Gasteiger partial charge in [0.05, 0.1) is 24.0 Å². The number of nitrogens with two attached hydrogens (primary N) is 1. The van der Waals surface area contributed by atoms with E-state index in [9.17, 15) is 9.90 Å². The molecule has 4 saturated carbocycles. The Morgan fingerprint density at radius 1 is 1.10 bits per heavy atom. The Bertz CT molecular complexity index is 832. The zero-order chi connectivity index (χ0) is 21.3. The Morgan fingerprint density at radius 2 is 1.87 bits per heavy atom. The molecule has 0 saturated heterocycles. The number of hydrogen-bond donors (Lipinski definition) is 2. The van der Waals surface area contributed by atoms with E-state index in [0.717, 1.165) is 31.1 Å². The Labute approximate surface area is 180 Å². The van der Waals surface area contributed by atoms with Crippen LogP contribution in [0.2, 0.25) is 0 Å². The van der Waals surface area contributed by atoms with E-state index in [1.807, 2.05) is 6.92 Å². The number of ketones is 1. The SMILES string of the molecule is C[C@@]1(O)CC[C@@]2(C)[C@@H](CC[C@@H]3[C@@H]2CC[C@]2(C)[C@@H](C(=O)Cn4cc(N)cn4)CC[C@@H]32)C1. The Balaban J connectivity index is 1.34. The van der Waals surface area contributed by atoms with Gasteiger partial charge in [-0.1, -0.05) is 13.8 Å². The van der Waals surface area contributed by atoms with Crippen LogP contribution in [0.25, 0.3) is 0 Å². The van der Waals surface area contributed by atoms with Crippen molar-refractivity contribution in [1.29, 1.82) is 0 Å². The van der Waals surface area contributed by atoms with Crippen LogP contribution in [-0.4, -0.2) is 26.3 Å². The third-order valence-electron chi connectivity index (χ3n) is 10.3. The van der Waals surface area contributed by atoms with Gasteiger partial charge in [0.25, 0.3) is 0 Å². The van der Waals surface area contributed by atoms with E-state index in [-0.39, 0.29) is 11.3 Å². The summed E-state index contributed by atoms with van der Waals surface area (Å²) >= 11 is 0. The maximum atomic E-state index is 13.3. The minimum atomic E-state index is -0.471. The molecule has 0 bridgehead atoms. The molecule has 0 unspecified atom stereocenters. The fourth-order valence-corrected chi connectivity index (χ4v) is 8.70. The van der Waals surface area contributed by atoms with Crippen molar-refractivity contribution in [3.8, 4) is 0 Å². The molecule has 5 nitrogen and oxygen atoms in total. The maximum Gasteiger partial charge on any atom is 0.157 e. The van der Waals surface area contributed by atoms with Gasteiger partial charge in [-0.3, -0.25) is 9.48 Å². The van der Waals surface area contributed by atoms with Crippen LogP contribution in [0.15, 0.2) is 12.4 Å². The van der Waals surface area contributed by atoms with Crippen molar-refractivity contribution >= 4 is 11.5 Å². The molecular formula is C25H39N3O2. The molecule has 3 N–H and O–H groups in total. The van der Waals surface area contributed by atoms with Crippen molar-refractivity contribution in [2.45, 2.75) is 90.7 Å². The fourth-order valence-electron chi connectivity index (χ4n) is 8.70. The minimum absolute atomic E-state index is 0.139. The maximum absolute atomic E-state index is 13.3. The second kappa shape index (κ2) is 6.82. The molecule has 0 amide bonds. The molecular weight excluding hydrogens is 374 g/mol. The number of aliphatic hydroxyl groups is 1. The first-order valence-electron chi connectivity index (χ1n) is 12.2. The summed E-state index contributed by atoms with van der Waals surface area (Å²) in [7, 11) is 0. The average molecular weight is 414 g/mol. The number of rotatable bonds is 3. The van der Waals surface area contributed by atoms with E-state index in [1.165, 1.54) is 38.5 Å². The lowest BCUT2D eigenvalue weighted by Gasteiger charge is -2.61. The fraction of sp³-hybridized carbons (Fsp3) is 0.840. The topological polar surface area (TPSA) is 81.1 Å². The van der Waals surface area contributed by atoms with Crippen LogP contribution >= 0.6 is 0 Å². The van der Waals surface area contributed by atoms with Gasteiger partial charge < -0.3 is 10.8 Å². The van der Waals surface area contributed by atoms with Crippen LogP contribution in [-0.2, 0) is 11.3 Å². The van der Waals surface area contributed by atoms with Crippen LogP contribution in [0, 0.1) is 40.4 Å². The molecule has 4 aliphatic carbocycles. The molecule has 166 valence electrons. The van der Waals surface area contributed by atoms with Crippen molar-refractivity contribution in [2.24, 2.45) is 40.4 Å². The molecule has 1 heterocycles. The molecule has 5 rings (SSSR count). The number of nitrogen functional groups attached to an aromatic ring is 1. The molecule has 30 heavy (non-hydrogen) atoms. The first-order valence-corrected chi connectivity index (χ1v) is 12.2.